The molecular formula is C9H5N3O3. The molecule has 0 radical (unpaired) electrons. The Labute approximate surface area is 84.8 Å². The van der Waals surface area contributed by atoms with Gasteiger partial charge in [-0.1, -0.05) is 0 Å². The molecule has 0 amide bonds. The van der Waals surface area contributed by atoms with Crippen molar-refractivity contribution in [3.05, 3.63) is 33.4 Å². The summed E-state index contributed by atoms with van der Waals surface area (Å²) in [4.78, 5) is 9.67. The second-order valence-corrected chi connectivity index (χ2v) is 2.71. The molecule has 0 saturated heterocycles. The van der Waals surface area contributed by atoms with Crippen molar-refractivity contribution in [2.24, 2.45) is 0 Å². The Balaban J connectivity index is 3.40. The lowest BCUT2D eigenvalue weighted by Crippen LogP contribution is -1.95. The molecule has 0 saturated carbocycles. The molecule has 0 atom stereocenters. The molecule has 0 fully saturated rings. The summed E-state index contributed by atoms with van der Waals surface area (Å²) in [7, 11) is 0. The highest BCUT2D eigenvalue weighted by Gasteiger charge is 2.20. The van der Waals surface area contributed by atoms with E-state index in [1.165, 1.54) is 6.07 Å². The van der Waals surface area contributed by atoms with Crippen LogP contribution in [-0.4, -0.2) is 10.0 Å². The number of rotatable bonds is 2. The van der Waals surface area contributed by atoms with E-state index < -0.39 is 16.4 Å². The molecule has 0 aliphatic heterocycles. The zero-order valence-electron chi connectivity index (χ0n) is 7.47. The first-order valence-corrected chi connectivity index (χ1v) is 3.87. The summed E-state index contributed by atoms with van der Waals surface area (Å²) in [6, 6.07) is 5.76. The van der Waals surface area contributed by atoms with E-state index in [4.69, 9.17) is 10.5 Å². The van der Waals surface area contributed by atoms with E-state index in [2.05, 4.69) is 0 Å². The molecule has 74 valence electrons. The molecule has 0 heterocycles. The van der Waals surface area contributed by atoms with Crippen LogP contribution in [0.4, 0.5) is 5.69 Å². The average Bonchev–Trinajstić information content (AvgIpc) is 2.16. The molecule has 1 rings (SSSR count). The number of nitro groups is 1. The van der Waals surface area contributed by atoms with E-state index in [1.807, 2.05) is 6.07 Å². The zero-order chi connectivity index (χ0) is 11.4. The predicted molar refractivity (Wildman–Crippen MR) is 48.8 cm³/mol. The SMILES string of the molecule is N#CCc1cc(O)c([N+](=O)[O-])c(C#N)c1. The number of nitrogens with zero attached hydrogens (tertiary/aromatic N) is 3. The first kappa shape index (κ1) is 10.5. The summed E-state index contributed by atoms with van der Waals surface area (Å²) in [5.41, 5.74) is -0.499. The number of benzene rings is 1. The quantitative estimate of drug-likeness (QED) is 0.574. The minimum absolute atomic E-state index is 0.0137. The van der Waals surface area contributed by atoms with E-state index in [9.17, 15) is 15.2 Å². The van der Waals surface area contributed by atoms with Gasteiger partial charge in [0.1, 0.15) is 11.6 Å². The van der Waals surface area contributed by atoms with Crippen LogP contribution in [0.2, 0.25) is 0 Å². The maximum Gasteiger partial charge on any atom is 0.328 e. The van der Waals surface area contributed by atoms with Crippen LogP contribution >= 0.6 is 0 Å². The molecule has 0 unspecified atom stereocenters. The lowest BCUT2D eigenvalue weighted by atomic mass is 10.1. The highest BCUT2D eigenvalue weighted by atomic mass is 16.6. The molecule has 1 aromatic carbocycles. The predicted octanol–water partition coefficient (Wildman–Crippen LogP) is 1.24. The monoisotopic (exact) mass is 203 g/mol. The molecule has 6 nitrogen and oxygen atoms in total. The summed E-state index contributed by atoms with van der Waals surface area (Å²) < 4.78 is 0. The van der Waals surface area contributed by atoms with E-state index >= 15 is 0 Å². The molecule has 0 aliphatic carbocycles. The largest absolute Gasteiger partial charge is 0.502 e. The standard InChI is InChI=1S/C9H5N3O3/c10-2-1-6-3-7(5-11)9(12(14)15)8(13)4-6/h3-4,13H,1H2. The first-order valence-electron chi connectivity index (χ1n) is 3.87. The maximum absolute atomic E-state index is 10.5. The number of phenols is 1. The van der Waals surface area contributed by atoms with Gasteiger partial charge in [0.25, 0.3) is 0 Å². The van der Waals surface area contributed by atoms with Gasteiger partial charge in [0.05, 0.1) is 17.4 Å². The van der Waals surface area contributed by atoms with Gasteiger partial charge in [-0.15, -0.1) is 0 Å². The van der Waals surface area contributed by atoms with Crippen molar-refractivity contribution in [2.45, 2.75) is 6.42 Å². The molecule has 1 N–H and O–H groups in total. The Morgan fingerprint density at radius 2 is 2.13 bits per heavy atom. The fourth-order valence-corrected chi connectivity index (χ4v) is 1.15. The maximum atomic E-state index is 10.5. The third-order valence-corrected chi connectivity index (χ3v) is 1.74. The number of nitriles is 2. The Bertz CT molecular complexity index is 497. The van der Waals surface area contributed by atoms with Gasteiger partial charge in [-0.2, -0.15) is 10.5 Å². The van der Waals surface area contributed by atoms with Gasteiger partial charge >= 0.3 is 5.69 Å². The average molecular weight is 203 g/mol. The summed E-state index contributed by atoms with van der Waals surface area (Å²) in [5, 5.41) is 36.8. The van der Waals surface area contributed by atoms with Crippen LogP contribution in [0, 0.1) is 32.8 Å². The Morgan fingerprint density at radius 3 is 2.60 bits per heavy atom. The van der Waals surface area contributed by atoms with Crippen molar-refractivity contribution in [3.8, 4) is 17.9 Å². The molecule has 0 aromatic heterocycles. The van der Waals surface area contributed by atoms with Crippen LogP contribution in [-0.2, 0) is 6.42 Å². The lowest BCUT2D eigenvalue weighted by Gasteiger charge is -2.00. The summed E-state index contributed by atoms with van der Waals surface area (Å²) in [5.74, 6) is -0.593. The molecule has 0 bridgehead atoms. The van der Waals surface area contributed by atoms with Gasteiger partial charge in [-0.05, 0) is 17.7 Å². The van der Waals surface area contributed by atoms with Crippen molar-refractivity contribution in [3.63, 3.8) is 0 Å². The molecular weight excluding hydrogens is 198 g/mol. The second kappa shape index (κ2) is 4.07. The van der Waals surface area contributed by atoms with Crippen LogP contribution in [0.25, 0.3) is 0 Å². The van der Waals surface area contributed by atoms with Crippen molar-refractivity contribution in [1.29, 1.82) is 10.5 Å². The van der Waals surface area contributed by atoms with Crippen molar-refractivity contribution in [2.75, 3.05) is 0 Å². The van der Waals surface area contributed by atoms with Crippen LogP contribution in [0.1, 0.15) is 11.1 Å². The summed E-state index contributed by atoms with van der Waals surface area (Å²) >= 11 is 0. The molecule has 6 heteroatoms. The van der Waals surface area contributed by atoms with Crippen molar-refractivity contribution in [1.82, 2.24) is 0 Å². The number of hydrogen-bond donors (Lipinski definition) is 1. The first-order chi connectivity index (χ1) is 7.10. The third-order valence-electron chi connectivity index (χ3n) is 1.74. The number of hydrogen-bond acceptors (Lipinski definition) is 5. The van der Waals surface area contributed by atoms with Crippen LogP contribution in [0.5, 0.6) is 5.75 Å². The highest BCUT2D eigenvalue weighted by molar-refractivity contribution is 5.59. The Morgan fingerprint density at radius 1 is 1.47 bits per heavy atom. The fourth-order valence-electron chi connectivity index (χ4n) is 1.15. The van der Waals surface area contributed by atoms with Crippen molar-refractivity contribution >= 4 is 5.69 Å². The van der Waals surface area contributed by atoms with E-state index in [0.29, 0.717) is 5.56 Å². The summed E-state index contributed by atoms with van der Waals surface area (Å²) in [6.07, 6.45) is -0.0137. The minimum Gasteiger partial charge on any atom is -0.502 e. The highest BCUT2D eigenvalue weighted by Crippen LogP contribution is 2.30. The third kappa shape index (κ3) is 2.01. The number of nitro benzene ring substituents is 1. The molecule has 1 aromatic rings. The van der Waals surface area contributed by atoms with Gasteiger partial charge in [-0.3, -0.25) is 10.1 Å². The van der Waals surface area contributed by atoms with Crippen LogP contribution < -0.4 is 0 Å². The molecule has 0 spiro atoms. The molecule has 15 heavy (non-hydrogen) atoms. The van der Waals surface area contributed by atoms with Gasteiger partial charge in [0.2, 0.25) is 0 Å². The smallest absolute Gasteiger partial charge is 0.328 e. The van der Waals surface area contributed by atoms with Gasteiger partial charge in [0.15, 0.2) is 5.75 Å². The van der Waals surface area contributed by atoms with Crippen LogP contribution in [0.15, 0.2) is 12.1 Å². The summed E-state index contributed by atoms with van der Waals surface area (Å²) in [6.45, 7) is 0. The van der Waals surface area contributed by atoms with E-state index in [0.717, 1.165) is 6.07 Å². The minimum atomic E-state index is -0.829. The normalized spacial score (nSPS) is 8.93. The Kier molecular flexibility index (Phi) is 2.85. The number of aromatic hydroxyl groups is 1. The zero-order valence-corrected chi connectivity index (χ0v) is 7.47. The van der Waals surface area contributed by atoms with Crippen LogP contribution in [0.3, 0.4) is 0 Å². The van der Waals surface area contributed by atoms with Gasteiger partial charge < -0.3 is 5.11 Å². The molecule has 0 aliphatic rings. The van der Waals surface area contributed by atoms with Gasteiger partial charge in [0, 0.05) is 0 Å². The second-order valence-electron chi connectivity index (χ2n) is 2.71. The van der Waals surface area contributed by atoms with E-state index in [1.54, 1.807) is 6.07 Å². The van der Waals surface area contributed by atoms with Crippen molar-refractivity contribution < 1.29 is 10.0 Å². The van der Waals surface area contributed by atoms with E-state index in [-0.39, 0.29) is 12.0 Å². The topological polar surface area (TPSA) is 111 Å². The fraction of sp³-hybridized carbons (Fsp3) is 0.111. The van der Waals surface area contributed by atoms with Gasteiger partial charge in [-0.25, -0.2) is 0 Å². The number of phenolic OH excluding ortho intramolecular Hbond substituents is 1. The lowest BCUT2D eigenvalue weighted by molar-refractivity contribution is -0.386. The Hall–Kier alpha value is -2.60.